The maximum Gasteiger partial charge on any atom is 0.232 e. The van der Waals surface area contributed by atoms with Crippen LogP contribution >= 0.6 is 10.7 Å². The lowest BCUT2D eigenvalue weighted by Gasteiger charge is -2.22. The predicted molar refractivity (Wildman–Crippen MR) is 46.5 cm³/mol. The molecule has 0 unspecified atom stereocenters. The SMILES string of the molecule is O=S(=O)(Cl)C[C@@H]1CCC[C@@H](F)C1. The molecule has 2 nitrogen and oxygen atoms in total. The molecule has 1 aliphatic carbocycles. The van der Waals surface area contributed by atoms with Gasteiger partial charge in [0.25, 0.3) is 0 Å². The molecule has 0 saturated heterocycles. The summed E-state index contributed by atoms with van der Waals surface area (Å²) in [4.78, 5) is 0. The summed E-state index contributed by atoms with van der Waals surface area (Å²) in [6.45, 7) is 0. The van der Waals surface area contributed by atoms with Gasteiger partial charge >= 0.3 is 0 Å². The molecule has 0 aromatic carbocycles. The highest BCUT2D eigenvalue weighted by Gasteiger charge is 2.24. The zero-order valence-electron chi connectivity index (χ0n) is 6.67. The Kier molecular flexibility index (Phi) is 3.35. The van der Waals surface area contributed by atoms with E-state index in [1.54, 1.807) is 0 Å². The van der Waals surface area contributed by atoms with Gasteiger partial charge in [0.1, 0.15) is 6.17 Å². The van der Waals surface area contributed by atoms with Crippen molar-refractivity contribution >= 4 is 19.7 Å². The second-order valence-electron chi connectivity index (χ2n) is 3.34. The van der Waals surface area contributed by atoms with E-state index in [-0.39, 0.29) is 11.7 Å². The molecule has 0 aromatic rings. The van der Waals surface area contributed by atoms with Gasteiger partial charge in [0.05, 0.1) is 5.75 Å². The van der Waals surface area contributed by atoms with Crippen LogP contribution in [0, 0.1) is 5.92 Å². The van der Waals surface area contributed by atoms with E-state index in [9.17, 15) is 12.8 Å². The van der Waals surface area contributed by atoms with Gasteiger partial charge in [-0.15, -0.1) is 0 Å². The van der Waals surface area contributed by atoms with Crippen molar-refractivity contribution in [2.24, 2.45) is 5.92 Å². The first-order chi connectivity index (χ1) is 5.47. The Morgan fingerprint density at radius 2 is 2.08 bits per heavy atom. The van der Waals surface area contributed by atoms with E-state index in [0.29, 0.717) is 12.8 Å². The van der Waals surface area contributed by atoms with Crippen molar-refractivity contribution in [1.29, 1.82) is 0 Å². The molecular formula is C7H12ClFO2S. The smallest absolute Gasteiger partial charge is 0.232 e. The second-order valence-corrected chi connectivity index (χ2v) is 6.16. The fraction of sp³-hybridized carbons (Fsp3) is 1.00. The lowest BCUT2D eigenvalue weighted by Crippen LogP contribution is -2.21. The van der Waals surface area contributed by atoms with Crippen LogP contribution < -0.4 is 0 Å². The van der Waals surface area contributed by atoms with E-state index < -0.39 is 15.2 Å². The Morgan fingerprint density at radius 3 is 2.58 bits per heavy atom. The maximum absolute atomic E-state index is 12.8. The summed E-state index contributed by atoms with van der Waals surface area (Å²) in [5, 5.41) is 0. The second kappa shape index (κ2) is 3.92. The first-order valence-corrected chi connectivity index (χ1v) is 6.51. The van der Waals surface area contributed by atoms with Gasteiger partial charge in [0, 0.05) is 10.7 Å². The fourth-order valence-electron chi connectivity index (χ4n) is 1.66. The summed E-state index contributed by atoms with van der Waals surface area (Å²) < 4.78 is 34.1. The molecule has 5 heteroatoms. The summed E-state index contributed by atoms with van der Waals surface area (Å²) in [6, 6.07) is 0. The highest BCUT2D eigenvalue weighted by atomic mass is 35.7. The van der Waals surface area contributed by atoms with Crippen LogP contribution in [-0.4, -0.2) is 20.3 Å². The molecule has 0 amide bonds. The third-order valence-electron chi connectivity index (χ3n) is 2.15. The van der Waals surface area contributed by atoms with Crippen LogP contribution in [-0.2, 0) is 9.05 Å². The third kappa shape index (κ3) is 3.72. The maximum atomic E-state index is 12.8. The van der Waals surface area contributed by atoms with Crippen LogP contribution in [0.25, 0.3) is 0 Å². The Labute approximate surface area is 76.5 Å². The van der Waals surface area contributed by atoms with Crippen LogP contribution in [0.15, 0.2) is 0 Å². The van der Waals surface area contributed by atoms with Gasteiger partial charge in [-0.05, 0) is 25.2 Å². The van der Waals surface area contributed by atoms with Gasteiger partial charge in [0.15, 0.2) is 0 Å². The summed E-state index contributed by atoms with van der Waals surface area (Å²) in [6.07, 6.45) is 1.65. The minimum atomic E-state index is -3.44. The van der Waals surface area contributed by atoms with Gasteiger partial charge < -0.3 is 0 Å². The van der Waals surface area contributed by atoms with Crippen molar-refractivity contribution in [3.63, 3.8) is 0 Å². The third-order valence-corrected chi connectivity index (χ3v) is 3.40. The molecule has 0 heterocycles. The summed E-state index contributed by atoms with van der Waals surface area (Å²) in [5.74, 6) is -0.147. The van der Waals surface area contributed by atoms with Crippen LogP contribution in [0.2, 0.25) is 0 Å². The van der Waals surface area contributed by atoms with Crippen molar-refractivity contribution in [3.8, 4) is 0 Å². The van der Waals surface area contributed by atoms with E-state index in [4.69, 9.17) is 10.7 Å². The number of rotatable bonds is 2. The van der Waals surface area contributed by atoms with Gasteiger partial charge in [-0.25, -0.2) is 12.8 Å². The Balaban J connectivity index is 2.43. The largest absolute Gasteiger partial charge is 0.247 e. The molecule has 1 saturated carbocycles. The van der Waals surface area contributed by atoms with Gasteiger partial charge in [-0.3, -0.25) is 0 Å². The summed E-state index contributed by atoms with van der Waals surface area (Å²) in [5.41, 5.74) is 0. The molecule has 0 radical (unpaired) electrons. The molecule has 1 fully saturated rings. The first kappa shape index (κ1) is 10.3. The molecule has 0 spiro atoms. The van der Waals surface area contributed by atoms with Crippen molar-refractivity contribution < 1.29 is 12.8 Å². The molecule has 1 rings (SSSR count). The Bertz CT molecular complexity index is 240. The molecule has 72 valence electrons. The summed E-state index contributed by atoms with van der Waals surface area (Å²) >= 11 is 0. The van der Waals surface area contributed by atoms with E-state index in [1.807, 2.05) is 0 Å². The van der Waals surface area contributed by atoms with Gasteiger partial charge in [-0.2, -0.15) is 0 Å². The average molecular weight is 215 g/mol. The van der Waals surface area contributed by atoms with Crippen LogP contribution in [0.3, 0.4) is 0 Å². The van der Waals surface area contributed by atoms with Crippen molar-refractivity contribution in [1.82, 2.24) is 0 Å². The van der Waals surface area contributed by atoms with E-state index >= 15 is 0 Å². The standard InChI is InChI=1S/C7H12ClFO2S/c8-12(10,11)5-6-2-1-3-7(9)4-6/h6-7H,1-5H2/t6-,7-/m1/s1. The minimum absolute atomic E-state index is 0.0729. The number of alkyl halides is 1. The Morgan fingerprint density at radius 1 is 1.42 bits per heavy atom. The molecule has 0 bridgehead atoms. The fourth-order valence-corrected chi connectivity index (χ4v) is 3.06. The van der Waals surface area contributed by atoms with Crippen molar-refractivity contribution in [2.75, 3.05) is 5.75 Å². The molecule has 0 aromatic heterocycles. The van der Waals surface area contributed by atoms with Gasteiger partial charge in [-0.1, -0.05) is 6.42 Å². The van der Waals surface area contributed by atoms with Crippen LogP contribution in [0.1, 0.15) is 25.7 Å². The zero-order chi connectivity index (χ0) is 9.19. The summed E-state index contributed by atoms with van der Waals surface area (Å²) in [7, 11) is 1.62. The highest BCUT2D eigenvalue weighted by molar-refractivity contribution is 8.13. The average Bonchev–Trinajstić information content (AvgIpc) is 1.82. The zero-order valence-corrected chi connectivity index (χ0v) is 8.24. The lowest BCUT2D eigenvalue weighted by atomic mass is 9.89. The van der Waals surface area contributed by atoms with Crippen molar-refractivity contribution in [2.45, 2.75) is 31.9 Å². The molecule has 0 aliphatic heterocycles. The predicted octanol–water partition coefficient (Wildman–Crippen LogP) is 2.08. The van der Waals surface area contributed by atoms with Crippen molar-refractivity contribution in [3.05, 3.63) is 0 Å². The van der Waals surface area contributed by atoms with E-state index in [0.717, 1.165) is 12.8 Å². The van der Waals surface area contributed by atoms with Crippen LogP contribution in [0.4, 0.5) is 4.39 Å². The number of hydrogen-bond acceptors (Lipinski definition) is 2. The van der Waals surface area contributed by atoms with Crippen LogP contribution in [0.5, 0.6) is 0 Å². The molecule has 0 N–H and O–H groups in total. The molecule has 2 atom stereocenters. The molecule has 12 heavy (non-hydrogen) atoms. The minimum Gasteiger partial charge on any atom is -0.247 e. The molecule has 1 aliphatic rings. The lowest BCUT2D eigenvalue weighted by molar-refractivity contribution is 0.209. The quantitative estimate of drug-likeness (QED) is 0.660. The molecular weight excluding hydrogens is 203 g/mol. The highest BCUT2D eigenvalue weighted by Crippen LogP contribution is 2.27. The van der Waals surface area contributed by atoms with E-state index in [2.05, 4.69) is 0 Å². The normalized spacial score (nSPS) is 31.8. The number of halogens is 2. The van der Waals surface area contributed by atoms with Gasteiger partial charge in [0.2, 0.25) is 9.05 Å². The monoisotopic (exact) mass is 214 g/mol. The Hall–Kier alpha value is 0.170. The van der Waals surface area contributed by atoms with E-state index in [1.165, 1.54) is 0 Å². The number of hydrogen-bond donors (Lipinski definition) is 0. The first-order valence-electron chi connectivity index (χ1n) is 4.04. The topological polar surface area (TPSA) is 34.1 Å².